The largest absolute Gasteiger partial charge is 0.309 e. The number of hydrogen-bond acceptors (Lipinski definition) is 7. The fourth-order valence-corrected chi connectivity index (χ4v) is 12.3. The monoisotopic (exact) mass is 1120 g/mol. The molecule has 10 nitrogen and oxygen atoms in total. The second-order valence-corrected chi connectivity index (χ2v) is 21.4. The Bertz CT molecular complexity index is 5230. The van der Waals surface area contributed by atoms with Crippen LogP contribution in [0.3, 0.4) is 0 Å². The molecule has 0 radical (unpaired) electrons. The van der Waals surface area contributed by atoms with Gasteiger partial charge in [0.1, 0.15) is 0 Å². The van der Waals surface area contributed by atoms with E-state index in [0.717, 1.165) is 122 Å². The lowest BCUT2D eigenvalue weighted by atomic mass is 9.96. The number of nitrogens with zero attached hydrogens (tertiary/aromatic N) is 10. The van der Waals surface area contributed by atoms with Gasteiger partial charge in [-0.05, 0) is 142 Å². The van der Waals surface area contributed by atoms with Crippen molar-refractivity contribution < 1.29 is 0 Å². The Kier molecular flexibility index (Phi) is 12.8. The molecule has 88 heavy (non-hydrogen) atoms. The third kappa shape index (κ3) is 8.96. The van der Waals surface area contributed by atoms with Crippen molar-refractivity contribution in [2.75, 3.05) is 0 Å². The average Bonchev–Trinajstić information content (AvgIpc) is 1.64. The Morgan fingerprint density at radius 2 is 0.716 bits per heavy atom. The van der Waals surface area contributed by atoms with Crippen LogP contribution >= 0.6 is 0 Å². The molecule has 4 heterocycles. The third-order valence-electron chi connectivity index (χ3n) is 16.4. The van der Waals surface area contributed by atoms with Crippen LogP contribution in [0.15, 0.2) is 267 Å². The van der Waals surface area contributed by atoms with Crippen LogP contribution in [0.25, 0.3) is 150 Å². The first-order valence-electron chi connectivity index (χ1n) is 28.6. The van der Waals surface area contributed by atoms with Crippen LogP contribution in [0.5, 0.6) is 0 Å². The maximum Gasteiger partial charge on any atom is 0.194 e. The Balaban J connectivity index is 0.995. The predicted molar refractivity (Wildman–Crippen MR) is 350 cm³/mol. The molecule has 0 fully saturated rings. The van der Waals surface area contributed by atoms with Crippen LogP contribution in [-0.2, 0) is 0 Å². The molecular weight excluding hydrogens is 1080 g/mol. The van der Waals surface area contributed by atoms with E-state index < -0.39 is 0 Å². The standard InChI is InChI=1S/C78H44N10/c1-82-69-27-15-14-26-63(69)54-31-34-72-65(43-54)64-40-51(60-23-11-8-20-56(60)46-79)28-33-71(64)87(72)59-38-39-83-70(45-59)68-44-55(78-85-76(49-16-4-2-5-17-49)84-77(86-78)50-18-6-3-7-19-50)32-37-75(68)88-73-35-29-52(61-24-12-9-21-57(61)47-80)41-66(73)67-42-53(30-36-74(67)88)62-25-13-10-22-58(62)48-81/h2-45H. The summed E-state index contributed by atoms with van der Waals surface area (Å²) < 4.78 is 4.54. The molecule has 15 aromatic rings. The highest BCUT2D eigenvalue weighted by Crippen LogP contribution is 2.44. The van der Waals surface area contributed by atoms with E-state index in [9.17, 15) is 15.8 Å². The minimum absolute atomic E-state index is 0.479. The van der Waals surface area contributed by atoms with Gasteiger partial charge in [-0.2, -0.15) is 15.8 Å². The molecule has 0 saturated carbocycles. The van der Waals surface area contributed by atoms with Gasteiger partial charge in [0.15, 0.2) is 23.2 Å². The summed E-state index contributed by atoms with van der Waals surface area (Å²) in [7, 11) is 0. The van der Waals surface area contributed by atoms with Gasteiger partial charge in [-0.15, -0.1) is 0 Å². The van der Waals surface area contributed by atoms with Crippen LogP contribution in [0, 0.1) is 40.6 Å². The van der Waals surface area contributed by atoms with E-state index in [-0.39, 0.29) is 0 Å². The Morgan fingerprint density at radius 1 is 0.330 bits per heavy atom. The molecule has 0 saturated heterocycles. The van der Waals surface area contributed by atoms with Crippen molar-refractivity contribution in [3.8, 4) is 120 Å². The summed E-state index contributed by atoms with van der Waals surface area (Å²) >= 11 is 0. The first kappa shape index (κ1) is 52.0. The first-order chi connectivity index (χ1) is 43.4. The van der Waals surface area contributed by atoms with Gasteiger partial charge in [-0.3, -0.25) is 4.98 Å². The molecule has 0 unspecified atom stereocenters. The van der Waals surface area contributed by atoms with Crippen LogP contribution in [0.4, 0.5) is 5.69 Å². The van der Waals surface area contributed by atoms with Crippen LogP contribution in [-0.4, -0.2) is 29.1 Å². The van der Waals surface area contributed by atoms with Gasteiger partial charge < -0.3 is 9.13 Å². The van der Waals surface area contributed by atoms with E-state index >= 15 is 0 Å². The molecule has 0 amide bonds. The summed E-state index contributed by atoms with van der Waals surface area (Å²) in [6.07, 6.45) is 1.85. The van der Waals surface area contributed by atoms with E-state index in [1.165, 1.54) is 0 Å². The van der Waals surface area contributed by atoms with E-state index in [4.69, 9.17) is 26.5 Å². The molecule has 0 atom stereocenters. The molecule has 406 valence electrons. The maximum absolute atomic E-state index is 10.3. The number of nitriles is 3. The highest BCUT2D eigenvalue weighted by atomic mass is 15.0. The highest BCUT2D eigenvalue weighted by Gasteiger charge is 2.23. The number of benzene rings is 11. The second kappa shape index (κ2) is 21.7. The number of hydrogen-bond donors (Lipinski definition) is 0. The summed E-state index contributed by atoms with van der Waals surface area (Å²) in [5.74, 6) is 1.55. The molecule has 0 aliphatic heterocycles. The molecular formula is C78H44N10. The van der Waals surface area contributed by atoms with Crippen molar-refractivity contribution >= 4 is 49.3 Å². The van der Waals surface area contributed by atoms with Gasteiger partial charge in [-0.1, -0.05) is 164 Å². The quantitative estimate of drug-likeness (QED) is 0.124. The molecule has 0 aliphatic carbocycles. The van der Waals surface area contributed by atoms with E-state index in [1.807, 2.05) is 170 Å². The lowest BCUT2D eigenvalue weighted by molar-refractivity contribution is 1.07. The number of rotatable bonds is 10. The van der Waals surface area contributed by atoms with Crippen LogP contribution in [0.1, 0.15) is 16.7 Å². The van der Waals surface area contributed by atoms with Gasteiger partial charge >= 0.3 is 0 Å². The minimum atomic E-state index is 0.479. The summed E-state index contributed by atoms with van der Waals surface area (Å²) in [6.45, 7) is 8.06. The molecule has 4 aromatic heterocycles. The Hall–Kier alpha value is -12.9. The molecule has 11 aromatic carbocycles. The van der Waals surface area contributed by atoms with Crippen LogP contribution < -0.4 is 0 Å². The van der Waals surface area contributed by atoms with Crippen molar-refractivity contribution in [3.63, 3.8) is 0 Å². The van der Waals surface area contributed by atoms with Crippen molar-refractivity contribution in [1.29, 1.82) is 15.8 Å². The molecule has 15 rings (SSSR count). The lowest BCUT2D eigenvalue weighted by Crippen LogP contribution is -2.03. The topological polar surface area (TPSA) is 137 Å². The van der Waals surface area contributed by atoms with E-state index in [0.29, 0.717) is 45.5 Å². The molecule has 0 spiro atoms. The van der Waals surface area contributed by atoms with Crippen LogP contribution in [0.2, 0.25) is 0 Å². The van der Waals surface area contributed by atoms with Gasteiger partial charge in [0.05, 0.1) is 74.9 Å². The second-order valence-electron chi connectivity index (χ2n) is 21.4. The Labute approximate surface area is 506 Å². The van der Waals surface area contributed by atoms with E-state index in [1.54, 1.807) is 0 Å². The van der Waals surface area contributed by atoms with Crippen molar-refractivity contribution in [2.24, 2.45) is 0 Å². The number of para-hydroxylation sites is 1. The molecule has 0 aliphatic rings. The van der Waals surface area contributed by atoms with Gasteiger partial charge in [0, 0.05) is 55.7 Å². The zero-order valence-corrected chi connectivity index (χ0v) is 46.9. The smallest absolute Gasteiger partial charge is 0.194 e. The normalized spacial score (nSPS) is 11.1. The third-order valence-corrected chi connectivity index (χ3v) is 16.4. The van der Waals surface area contributed by atoms with Gasteiger partial charge in [0.25, 0.3) is 0 Å². The van der Waals surface area contributed by atoms with E-state index in [2.05, 4.69) is 129 Å². The average molecular weight is 1120 g/mol. The zero-order valence-electron chi connectivity index (χ0n) is 46.9. The SMILES string of the molecule is [C-]#[N+]c1ccccc1-c1ccc2c(c1)c1cc(-c3ccccc3C#N)ccc1n2-c1ccnc(-c2cc(-c3nc(-c4ccccc4)nc(-c4ccccc4)n3)ccc2-n2c3ccc(-c4ccccc4C#N)cc3c3cc(-c4ccccc4C#N)ccc32)c1. The molecule has 0 bridgehead atoms. The van der Waals surface area contributed by atoms with Crippen molar-refractivity contribution in [3.05, 3.63) is 295 Å². The van der Waals surface area contributed by atoms with Gasteiger partial charge in [0.2, 0.25) is 0 Å². The molecule has 0 N–H and O–H groups in total. The van der Waals surface area contributed by atoms with Crippen molar-refractivity contribution in [2.45, 2.75) is 0 Å². The summed E-state index contributed by atoms with van der Waals surface area (Å²) in [5, 5.41) is 34.8. The predicted octanol–water partition coefficient (Wildman–Crippen LogP) is 19.0. The first-order valence-corrected chi connectivity index (χ1v) is 28.6. The lowest BCUT2D eigenvalue weighted by Gasteiger charge is -2.17. The Morgan fingerprint density at radius 3 is 1.17 bits per heavy atom. The molecule has 10 heteroatoms. The highest BCUT2D eigenvalue weighted by molar-refractivity contribution is 6.14. The summed E-state index contributed by atoms with van der Waals surface area (Å²) in [5.41, 5.74) is 18.5. The maximum atomic E-state index is 10.3. The minimum Gasteiger partial charge on any atom is -0.309 e. The number of aromatic nitrogens is 6. The number of pyridine rings is 1. The van der Waals surface area contributed by atoms with Crippen molar-refractivity contribution in [1.82, 2.24) is 29.1 Å². The fourth-order valence-electron chi connectivity index (χ4n) is 12.3. The van der Waals surface area contributed by atoms with Gasteiger partial charge in [-0.25, -0.2) is 19.8 Å². The zero-order chi connectivity index (χ0) is 59.2. The summed E-state index contributed by atoms with van der Waals surface area (Å²) in [4.78, 5) is 24.6. The summed E-state index contributed by atoms with van der Waals surface area (Å²) in [6, 6.07) is 93.7. The number of fused-ring (bicyclic) bond motifs is 6. The fraction of sp³-hybridized carbons (Fsp3) is 0.